The highest BCUT2D eigenvalue weighted by molar-refractivity contribution is 9.10. The van der Waals surface area contributed by atoms with Crippen molar-refractivity contribution in [2.45, 2.75) is 27.7 Å². The van der Waals surface area contributed by atoms with Crippen molar-refractivity contribution < 1.29 is 4.79 Å². The molecule has 0 spiro atoms. The van der Waals surface area contributed by atoms with Gasteiger partial charge in [0.25, 0.3) is 0 Å². The first-order valence-electron chi connectivity index (χ1n) is 6.29. The van der Waals surface area contributed by atoms with E-state index in [2.05, 4.69) is 15.9 Å². The average Bonchev–Trinajstić information content (AvgIpc) is 2.33. The summed E-state index contributed by atoms with van der Waals surface area (Å²) >= 11 is 3.50. The van der Waals surface area contributed by atoms with E-state index in [0.29, 0.717) is 0 Å². The number of hydrogen-bond acceptors (Lipinski definition) is 1. The molecule has 0 amide bonds. The average molecular weight is 317 g/mol. The van der Waals surface area contributed by atoms with Crippen LogP contribution in [-0.2, 0) is 0 Å². The van der Waals surface area contributed by atoms with Gasteiger partial charge in [0, 0.05) is 15.6 Å². The van der Waals surface area contributed by atoms with Crippen molar-refractivity contribution in [2.24, 2.45) is 0 Å². The van der Waals surface area contributed by atoms with E-state index in [1.54, 1.807) is 0 Å². The van der Waals surface area contributed by atoms with Crippen molar-refractivity contribution >= 4 is 21.7 Å². The van der Waals surface area contributed by atoms with E-state index in [1.807, 2.05) is 58.0 Å². The number of ketones is 1. The summed E-state index contributed by atoms with van der Waals surface area (Å²) < 4.78 is 1.04. The Kier molecular flexibility index (Phi) is 3.91. The van der Waals surface area contributed by atoms with Gasteiger partial charge in [0.1, 0.15) is 0 Å². The van der Waals surface area contributed by atoms with E-state index >= 15 is 0 Å². The second-order valence-corrected chi connectivity index (χ2v) is 5.87. The molecular formula is C17H17BrO. The number of benzene rings is 2. The molecular weight excluding hydrogens is 300 g/mol. The van der Waals surface area contributed by atoms with Gasteiger partial charge in [-0.25, -0.2) is 0 Å². The van der Waals surface area contributed by atoms with Crippen LogP contribution in [0.3, 0.4) is 0 Å². The van der Waals surface area contributed by atoms with Gasteiger partial charge < -0.3 is 0 Å². The molecule has 0 bridgehead atoms. The van der Waals surface area contributed by atoms with Gasteiger partial charge in [0.05, 0.1) is 0 Å². The minimum absolute atomic E-state index is 0.115. The molecule has 0 radical (unpaired) electrons. The van der Waals surface area contributed by atoms with Crippen molar-refractivity contribution in [3.05, 3.63) is 68.2 Å². The molecule has 0 aromatic heterocycles. The quantitative estimate of drug-likeness (QED) is 0.719. The molecule has 2 rings (SSSR count). The fourth-order valence-corrected chi connectivity index (χ4v) is 2.79. The zero-order chi connectivity index (χ0) is 14.2. The van der Waals surface area contributed by atoms with Crippen LogP contribution in [0.2, 0.25) is 0 Å². The monoisotopic (exact) mass is 316 g/mol. The summed E-state index contributed by atoms with van der Waals surface area (Å²) in [5, 5.41) is 0. The SMILES string of the molecule is Cc1cc(C(=O)c2c(C)cccc2C)c(C)cc1Br. The number of rotatable bonds is 2. The minimum Gasteiger partial charge on any atom is -0.289 e. The molecule has 0 aliphatic carbocycles. The minimum atomic E-state index is 0.115. The van der Waals surface area contributed by atoms with Gasteiger partial charge in [0.2, 0.25) is 0 Å². The van der Waals surface area contributed by atoms with Crippen LogP contribution in [0.4, 0.5) is 0 Å². The first kappa shape index (κ1) is 14.0. The molecule has 0 saturated heterocycles. The second-order valence-electron chi connectivity index (χ2n) is 5.01. The number of aryl methyl sites for hydroxylation is 4. The molecule has 0 aliphatic rings. The summed E-state index contributed by atoms with van der Waals surface area (Å²) in [7, 11) is 0. The lowest BCUT2D eigenvalue weighted by Crippen LogP contribution is -2.08. The summed E-state index contributed by atoms with van der Waals surface area (Å²) in [4.78, 5) is 12.8. The largest absolute Gasteiger partial charge is 0.289 e. The van der Waals surface area contributed by atoms with Crippen molar-refractivity contribution in [2.75, 3.05) is 0 Å². The highest BCUT2D eigenvalue weighted by Crippen LogP contribution is 2.25. The van der Waals surface area contributed by atoms with Gasteiger partial charge in [0.15, 0.2) is 5.78 Å². The molecule has 98 valence electrons. The van der Waals surface area contributed by atoms with Gasteiger partial charge in [-0.15, -0.1) is 0 Å². The smallest absolute Gasteiger partial charge is 0.193 e. The van der Waals surface area contributed by atoms with Crippen LogP contribution in [0.1, 0.15) is 38.2 Å². The third-order valence-corrected chi connectivity index (χ3v) is 4.31. The summed E-state index contributed by atoms with van der Waals surface area (Å²) in [6.45, 7) is 7.96. The zero-order valence-corrected chi connectivity index (χ0v) is 13.3. The Hall–Kier alpha value is -1.41. The molecule has 0 aliphatic heterocycles. The van der Waals surface area contributed by atoms with Crippen molar-refractivity contribution in [3.8, 4) is 0 Å². The van der Waals surface area contributed by atoms with Crippen LogP contribution in [-0.4, -0.2) is 5.78 Å². The Bertz CT molecular complexity index is 636. The van der Waals surface area contributed by atoms with Crippen LogP contribution >= 0.6 is 15.9 Å². The Labute approximate surface area is 122 Å². The summed E-state index contributed by atoms with van der Waals surface area (Å²) in [6.07, 6.45) is 0. The lowest BCUT2D eigenvalue weighted by Gasteiger charge is -2.12. The first-order chi connectivity index (χ1) is 8.91. The highest BCUT2D eigenvalue weighted by Gasteiger charge is 2.17. The maximum absolute atomic E-state index is 12.8. The molecule has 0 unspecified atom stereocenters. The molecule has 0 saturated carbocycles. The predicted molar refractivity (Wildman–Crippen MR) is 83.0 cm³/mol. The Morgan fingerprint density at radius 1 is 0.895 bits per heavy atom. The maximum Gasteiger partial charge on any atom is 0.193 e. The molecule has 0 heterocycles. The summed E-state index contributed by atoms with van der Waals surface area (Å²) in [6, 6.07) is 9.94. The second kappa shape index (κ2) is 5.30. The van der Waals surface area contributed by atoms with Gasteiger partial charge in [-0.05, 0) is 62.1 Å². The van der Waals surface area contributed by atoms with Crippen molar-refractivity contribution in [3.63, 3.8) is 0 Å². The van der Waals surface area contributed by atoms with Gasteiger partial charge in [-0.3, -0.25) is 4.79 Å². The number of carbonyl (C=O) groups is 1. The third-order valence-electron chi connectivity index (χ3n) is 3.46. The molecule has 2 heteroatoms. The molecule has 0 atom stereocenters. The molecule has 1 nitrogen and oxygen atoms in total. The summed E-state index contributed by atoms with van der Waals surface area (Å²) in [5.41, 5.74) is 5.77. The molecule has 2 aromatic carbocycles. The Morgan fingerprint density at radius 3 is 2.05 bits per heavy atom. The topological polar surface area (TPSA) is 17.1 Å². The third kappa shape index (κ3) is 2.64. The van der Waals surface area contributed by atoms with E-state index in [9.17, 15) is 4.79 Å². The van der Waals surface area contributed by atoms with Crippen LogP contribution in [0, 0.1) is 27.7 Å². The standard InChI is InChI=1S/C17H17BrO/c1-10-6-5-7-11(2)16(10)17(19)14-8-13(4)15(18)9-12(14)3/h5-9H,1-4H3. The number of halogens is 1. The Morgan fingerprint density at radius 2 is 1.47 bits per heavy atom. The maximum atomic E-state index is 12.8. The van der Waals surface area contributed by atoms with E-state index in [0.717, 1.165) is 37.9 Å². The van der Waals surface area contributed by atoms with Crippen LogP contribution in [0.25, 0.3) is 0 Å². The first-order valence-corrected chi connectivity index (χ1v) is 7.08. The van der Waals surface area contributed by atoms with Gasteiger partial charge in [-0.1, -0.05) is 34.1 Å². The zero-order valence-electron chi connectivity index (χ0n) is 11.7. The Balaban J connectivity index is 2.60. The van der Waals surface area contributed by atoms with E-state index in [-0.39, 0.29) is 5.78 Å². The van der Waals surface area contributed by atoms with E-state index in [1.165, 1.54) is 0 Å². The molecule has 0 N–H and O–H groups in total. The van der Waals surface area contributed by atoms with Crippen molar-refractivity contribution in [1.82, 2.24) is 0 Å². The lowest BCUT2D eigenvalue weighted by atomic mass is 9.92. The van der Waals surface area contributed by atoms with Crippen LogP contribution in [0.5, 0.6) is 0 Å². The van der Waals surface area contributed by atoms with Crippen LogP contribution in [0.15, 0.2) is 34.8 Å². The van der Waals surface area contributed by atoms with Crippen LogP contribution < -0.4 is 0 Å². The van der Waals surface area contributed by atoms with Gasteiger partial charge in [-0.2, -0.15) is 0 Å². The van der Waals surface area contributed by atoms with Gasteiger partial charge >= 0.3 is 0 Å². The molecule has 0 fully saturated rings. The lowest BCUT2D eigenvalue weighted by molar-refractivity contribution is 0.103. The normalized spacial score (nSPS) is 10.6. The highest BCUT2D eigenvalue weighted by atomic mass is 79.9. The molecule has 2 aromatic rings. The molecule has 19 heavy (non-hydrogen) atoms. The fraction of sp³-hybridized carbons (Fsp3) is 0.235. The van der Waals surface area contributed by atoms with Crippen molar-refractivity contribution in [1.29, 1.82) is 0 Å². The summed E-state index contributed by atoms with van der Waals surface area (Å²) in [5.74, 6) is 0.115. The fourth-order valence-electron chi connectivity index (χ4n) is 2.33. The number of hydrogen-bond donors (Lipinski definition) is 0. The van der Waals surface area contributed by atoms with E-state index in [4.69, 9.17) is 0 Å². The van der Waals surface area contributed by atoms with E-state index < -0.39 is 0 Å². The number of carbonyl (C=O) groups excluding carboxylic acids is 1. The predicted octanol–water partition coefficient (Wildman–Crippen LogP) is 4.91.